The van der Waals surface area contributed by atoms with Gasteiger partial charge in [-0.05, 0) is 42.8 Å². The quantitative estimate of drug-likeness (QED) is 0.527. The highest BCUT2D eigenvalue weighted by molar-refractivity contribution is 8.26. The second kappa shape index (κ2) is 6.52. The van der Waals surface area contributed by atoms with Crippen LogP contribution in [0.4, 0.5) is 11.4 Å². The molecule has 1 amide bonds. The first-order chi connectivity index (χ1) is 12.1. The summed E-state index contributed by atoms with van der Waals surface area (Å²) in [5, 5.41) is 0. The van der Waals surface area contributed by atoms with Crippen LogP contribution in [0.5, 0.6) is 0 Å². The van der Waals surface area contributed by atoms with Gasteiger partial charge in [-0.15, -0.1) is 0 Å². The summed E-state index contributed by atoms with van der Waals surface area (Å²) in [6.07, 6.45) is 1.94. The predicted octanol–water partition coefficient (Wildman–Crippen LogP) is 5.14. The van der Waals surface area contributed by atoms with E-state index in [0.717, 1.165) is 5.56 Å². The van der Waals surface area contributed by atoms with Gasteiger partial charge >= 0.3 is 0 Å². The van der Waals surface area contributed by atoms with Gasteiger partial charge in [0.1, 0.15) is 4.32 Å². The fourth-order valence-electron chi connectivity index (χ4n) is 2.97. The fraction of sp³-hybridized carbons (Fsp3) is 0.158. The molecule has 0 aromatic heterocycles. The summed E-state index contributed by atoms with van der Waals surface area (Å²) in [7, 11) is 2.09. The van der Waals surface area contributed by atoms with Crippen molar-refractivity contribution in [1.82, 2.24) is 4.90 Å². The number of hydrogen-bond acceptors (Lipinski definition) is 5. The van der Waals surface area contributed by atoms with Gasteiger partial charge in [0.25, 0.3) is 5.91 Å². The zero-order valence-corrected chi connectivity index (χ0v) is 16.3. The molecule has 2 aliphatic rings. The maximum Gasteiger partial charge on any atom is 0.266 e. The van der Waals surface area contributed by atoms with E-state index in [1.165, 1.54) is 32.9 Å². The third-order valence-electron chi connectivity index (χ3n) is 4.28. The average Bonchev–Trinajstić information content (AvgIpc) is 2.88. The van der Waals surface area contributed by atoms with Gasteiger partial charge in [-0.3, -0.25) is 9.69 Å². The Morgan fingerprint density at radius 1 is 1.08 bits per heavy atom. The number of carbonyl (C=O) groups is 1. The van der Waals surface area contributed by atoms with Crippen molar-refractivity contribution in [3.8, 4) is 0 Å². The lowest BCUT2D eigenvalue weighted by atomic mass is 10.1. The molecular formula is C19H16N2OS3. The minimum absolute atomic E-state index is 0.00494. The number of anilines is 2. The molecule has 25 heavy (non-hydrogen) atoms. The van der Waals surface area contributed by atoms with Gasteiger partial charge in [0, 0.05) is 23.4 Å². The van der Waals surface area contributed by atoms with Gasteiger partial charge in [0.2, 0.25) is 0 Å². The van der Waals surface area contributed by atoms with Crippen LogP contribution in [0.15, 0.2) is 57.2 Å². The third-order valence-corrected chi connectivity index (χ3v) is 6.77. The van der Waals surface area contributed by atoms with Crippen LogP contribution in [-0.4, -0.2) is 28.7 Å². The van der Waals surface area contributed by atoms with Gasteiger partial charge in [-0.2, -0.15) is 0 Å². The van der Waals surface area contributed by atoms with Crippen molar-refractivity contribution in [2.45, 2.75) is 16.7 Å². The van der Waals surface area contributed by atoms with Gasteiger partial charge in [-0.25, -0.2) is 0 Å². The van der Waals surface area contributed by atoms with Crippen LogP contribution in [0.3, 0.4) is 0 Å². The summed E-state index contributed by atoms with van der Waals surface area (Å²) in [6, 6.07) is 14.7. The van der Waals surface area contributed by atoms with Crippen molar-refractivity contribution in [1.29, 1.82) is 0 Å². The standard InChI is InChI=1S/C19H16N2OS3/c1-3-21-18(22)17(25-19(21)23)11-12-8-9-14-16(10-12)24-15-7-5-4-6-13(15)20(14)2/h4-11H,3H2,1-2H3/b17-11-. The number of hydrogen-bond donors (Lipinski definition) is 0. The number of para-hydroxylation sites is 1. The number of benzene rings is 2. The van der Waals surface area contributed by atoms with Crippen molar-refractivity contribution >= 4 is 63.4 Å². The molecule has 2 aromatic rings. The van der Waals surface area contributed by atoms with E-state index in [4.69, 9.17) is 12.2 Å². The molecule has 0 bridgehead atoms. The fourth-order valence-corrected chi connectivity index (χ4v) is 5.55. The monoisotopic (exact) mass is 384 g/mol. The summed E-state index contributed by atoms with van der Waals surface area (Å²) in [5.74, 6) is 0.00494. The molecule has 1 fully saturated rings. The van der Waals surface area contributed by atoms with Crippen LogP contribution in [0.2, 0.25) is 0 Å². The van der Waals surface area contributed by atoms with Crippen molar-refractivity contribution in [2.75, 3.05) is 18.5 Å². The Morgan fingerprint density at radius 2 is 1.84 bits per heavy atom. The van der Waals surface area contributed by atoms with Crippen LogP contribution >= 0.6 is 35.7 Å². The summed E-state index contributed by atoms with van der Waals surface area (Å²) in [5.41, 5.74) is 3.43. The summed E-state index contributed by atoms with van der Waals surface area (Å²) >= 11 is 8.43. The molecule has 0 N–H and O–H groups in total. The van der Waals surface area contributed by atoms with E-state index in [-0.39, 0.29) is 5.91 Å². The van der Waals surface area contributed by atoms with Crippen LogP contribution in [0.25, 0.3) is 6.08 Å². The topological polar surface area (TPSA) is 23.6 Å². The minimum Gasteiger partial charge on any atom is -0.343 e. The number of nitrogens with zero attached hydrogens (tertiary/aromatic N) is 2. The number of likely N-dealkylation sites (N-methyl/N-ethyl adjacent to an activating group) is 1. The summed E-state index contributed by atoms with van der Waals surface area (Å²) in [4.78, 5) is 19.4. The molecule has 1 saturated heterocycles. The first-order valence-electron chi connectivity index (χ1n) is 7.98. The molecule has 0 unspecified atom stereocenters. The molecule has 0 atom stereocenters. The van der Waals surface area contributed by atoms with Gasteiger partial charge in [-0.1, -0.05) is 53.9 Å². The Kier molecular flexibility index (Phi) is 4.35. The maximum absolute atomic E-state index is 12.4. The average molecular weight is 385 g/mol. The SMILES string of the molecule is CCN1C(=O)/C(=C/c2ccc3c(c2)Sc2ccccc2N3C)SC1=S. The van der Waals surface area contributed by atoms with E-state index in [1.807, 2.05) is 13.0 Å². The first-order valence-corrected chi connectivity index (χ1v) is 10.0. The molecule has 0 aliphatic carbocycles. The third kappa shape index (κ3) is 2.88. The van der Waals surface area contributed by atoms with Crippen molar-refractivity contribution < 1.29 is 4.79 Å². The lowest BCUT2D eigenvalue weighted by Crippen LogP contribution is -2.27. The van der Waals surface area contributed by atoms with E-state index >= 15 is 0 Å². The number of fused-ring (bicyclic) bond motifs is 2. The van der Waals surface area contributed by atoms with Crippen LogP contribution in [0, 0.1) is 0 Å². The molecule has 6 heteroatoms. The van der Waals surface area contributed by atoms with Gasteiger partial charge in [0.15, 0.2) is 0 Å². The maximum atomic E-state index is 12.4. The number of thiocarbonyl (C=S) groups is 1. The van der Waals surface area contributed by atoms with Crippen LogP contribution < -0.4 is 4.90 Å². The second-order valence-electron chi connectivity index (χ2n) is 5.78. The number of thioether (sulfide) groups is 1. The Morgan fingerprint density at radius 3 is 2.60 bits per heavy atom. The van der Waals surface area contributed by atoms with Crippen molar-refractivity contribution in [3.05, 3.63) is 52.9 Å². The Bertz CT molecular complexity index is 923. The molecule has 126 valence electrons. The number of rotatable bonds is 2. The summed E-state index contributed by atoms with van der Waals surface area (Å²) in [6.45, 7) is 2.56. The normalized spacial score (nSPS) is 17.9. The van der Waals surface area contributed by atoms with Crippen molar-refractivity contribution in [3.63, 3.8) is 0 Å². The van der Waals surface area contributed by atoms with Gasteiger partial charge in [0.05, 0.1) is 16.3 Å². The largest absolute Gasteiger partial charge is 0.343 e. The van der Waals surface area contributed by atoms with E-state index in [2.05, 4.69) is 54.4 Å². The van der Waals surface area contributed by atoms with Crippen LogP contribution in [-0.2, 0) is 4.79 Å². The molecule has 2 heterocycles. The zero-order chi connectivity index (χ0) is 17.6. The van der Waals surface area contributed by atoms with Gasteiger partial charge < -0.3 is 4.90 Å². The first kappa shape index (κ1) is 16.7. The lowest BCUT2D eigenvalue weighted by Gasteiger charge is -2.29. The van der Waals surface area contributed by atoms with E-state index in [1.54, 1.807) is 16.7 Å². The second-order valence-corrected chi connectivity index (χ2v) is 8.54. The molecular weight excluding hydrogens is 368 g/mol. The molecule has 3 nitrogen and oxygen atoms in total. The Balaban J connectivity index is 1.69. The Hall–Kier alpha value is -1.76. The predicted molar refractivity (Wildman–Crippen MR) is 111 cm³/mol. The van der Waals surface area contributed by atoms with Crippen molar-refractivity contribution in [2.24, 2.45) is 0 Å². The van der Waals surface area contributed by atoms with E-state index in [9.17, 15) is 4.79 Å². The highest BCUT2D eigenvalue weighted by Crippen LogP contribution is 2.47. The number of carbonyl (C=O) groups excluding carboxylic acids is 1. The summed E-state index contributed by atoms with van der Waals surface area (Å²) < 4.78 is 0.639. The molecule has 2 aliphatic heterocycles. The zero-order valence-electron chi connectivity index (χ0n) is 13.9. The molecule has 2 aromatic carbocycles. The Labute approximate surface area is 161 Å². The smallest absolute Gasteiger partial charge is 0.266 e. The molecule has 0 saturated carbocycles. The molecule has 0 radical (unpaired) electrons. The molecule has 0 spiro atoms. The van der Waals surface area contributed by atoms with Crippen LogP contribution in [0.1, 0.15) is 12.5 Å². The molecule has 4 rings (SSSR count). The number of amides is 1. The van der Waals surface area contributed by atoms with E-state index < -0.39 is 0 Å². The minimum atomic E-state index is 0.00494. The van der Waals surface area contributed by atoms with E-state index in [0.29, 0.717) is 15.8 Å². The highest BCUT2D eigenvalue weighted by atomic mass is 32.2. The highest BCUT2D eigenvalue weighted by Gasteiger charge is 2.30. The lowest BCUT2D eigenvalue weighted by molar-refractivity contribution is -0.121.